The van der Waals surface area contributed by atoms with Gasteiger partial charge < -0.3 is 16.0 Å². The average molecular weight is 448 g/mol. The summed E-state index contributed by atoms with van der Waals surface area (Å²) in [6.45, 7) is 8.30. The highest BCUT2D eigenvalue weighted by molar-refractivity contribution is 6.01. The number of carbonyl (C=O) groups excluding carboxylic acids is 1. The second kappa shape index (κ2) is 9.61. The number of anilines is 2. The minimum Gasteiger partial charge on any atom is -0.370 e. The Kier molecular flexibility index (Phi) is 6.60. The van der Waals surface area contributed by atoms with Gasteiger partial charge >= 0.3 is 0 Å². The zero-order valence-electron chi connectivity index (χ0n) is 20.2. The molecule has 177 valence electrons. The van der Waals surface area contributed by atoms with Crippen molar-refractivity contribution in [2.75, 3.05) is 23.7 Å². The summed E-state index contributed by atoms with van der Waals surface area (Å²) < 4.78 is 0. The van der Waals surface area contributed by atoms with Crippen LogP contribution in [0, 0.1) is 35.6 Å². The molecule has 0 saturated heterocycles. The third kappa shape index (κ3) is 5.34. The van der Waals surface area contributed by atoms with Gasteiger partial charge in [-0.3, -0.25) is 4.79 Å². The Labute approximate surface area is 198 Å². The Morgan fingerprint density at radius 3 is 2.48 bits per heavy atom. The highest BCUT2D eigenvalue weighted by Gasteiger charge is 2.51. The van der Waals surface area contributed by atoms with Crippen molar-refractivity contribution in [2.45, 2.75) is 65.2 Å². The number of pyridine rings is 1. The maximum absolute atomic E-state index is 13.1. The van der Waals surface area contributed by atoms with Crippen LogP contribution in [0.4, 0.5) is 11.5 Å². The molecule has 4 bridgehead atoms. The highest BCUT2D eigenvalue weighted by atomic mass is 16.1. The molecule has 1 amide bonds. The maximum Gasteiger partial charge on any atom is 0.224 e. The van der Waals surface area contributed by atoms with Gasteiger partial charge in [-0.15, -0.1) is 0 Å². The molecule has 5 heteroatoms. The molecular weight excluding hydrogens is 408 g/mol. The van der Waals surface area contributed by atoms with Crippen LogP contribution < -0.4 is 16.0 Å². The van der Waals surface area contributed by atoms with Crippen LogP contribution in [0.5, 0.6) is 0 Å². The summed E-state index contributed by atoms with van der Waals surface area (Å²) >= 11 is 0. The van der Waals surface area contributed by atoms with Crippen molar-refractivity contribution in [1.82, 2.24) is 10.3 Å². The summed E-state index contributed by atoms with van der Waals surface area (Å²) in [5.41, 5.74) is 2.06. The Morgan fingerprint density at radius 1 is 1.06 bits per heavy atom. The van der Waals surface area contributed by atoms with E-state index >= 15 is 0 Å². The Balaban J connectivity index is 1.18. The van der Waals surface area contributed by atoms with E-state index in [-0.39, 0.29) is 11.3 Å². The van der Waals surface area contributed by atoms with Gasteiger partial charge in [-0.1, -0.05) is 19.9 Å². The van der Waals surface area contributed by atoms with Crippen molar-refractivity contribution >= 4 is 28.3 Å². The van der Waals surface area contributed by atoms with Gasteiger partial charge in [0.2, 0.25) is 5.91 Å². The first-order valence-corrected chi connectivity index (χ1v) is 13.0. The summed E-state index contributed by atoms with van der Waals surface area (Å²) in [4.78, 5) is 17.9. The molecule has 4 aliphatic carbocycles. The maximum atomic E-state index is 13.1. The van der Waals surface area contributed by atoms with Gasteiger partial charge in [0.25, 0.3) is 0 Å². The Bertz CT molecular complexity index is 950. The fourth-order valence-corrected chi connectivity index (χ4v) is 7.13. The monoisotopic (exact) mass is 447 g/mol. The molecule has 0 spiro atoms. The summed E-state index contributed by atoms with van der Waals surface area (Å²) in [5.74, 6) is 4.24. The fraction of sp³-hybridized carbons (Fsp3) is 0.607. The molecule has 0 atom stereocenters. The molecule has 5 nitrogen and oxygen atoms in total. The molecule has 4 aliphatic rings. The molecule has 4 saturated carbocycles. The van der Waals surface area contributed by atoms with Gasteiger partial charge in [0, 0.05) is 24.9 Å². The molecule has 1 heterocycles. The highest BCUT2D eigenvalue weighted by Crippen LogP contribution is 2.61. The second-order valence-electron chi connectivity index (χ2n) is 11.4. The van der Waals surface area contributed by atoms with E-state index in [0.717, 1.165) is 59.7 Å². The largest absolute Gasteiger partial charge is 0.370 e. The van der Waals surface area contributed by atoms with E-state index in [1.54, 1.807) is 0 Å². The summed E-state index contributed by atoms with van der Waals surface area (Å²) in [7, 11) is 0. The zero-order chi connectivity index (χ0) is 22.8. The van der Waals surface area contributed by atoms with Crippen LogP contribution >= 0.6 is 0 Å². The van der Waals surface area contributed by atoms with E-state index in [4.69, 9.17) is 4.98 Å². The van der Waals surface area contributed by atoms with Crippen LogP contribution in [0.2, 0.25) is 0 Å². The predicted octanol–water partition coefficient (Wildman–Crippen LogP) is 5.99. The molecule has 0 aliphatic heterocycles. The standard InChI is InChI=1S/C28H39N4O/c1-19(2)18-29-9-4-10-30-26-8-7-23-24(31-26)5-3-6-25(23)32-27(33)17-28-14-20-11-21(15-28)13-22(12-20)16-28/h3,5-8,18-22,29H,4,9-17H2,1-2H3,(H,30,31)(H,32,33). The van der Waals surface area contributed by atoms with E-state index in [2.05, 4.69) is 42.4 Å². The number of nitrogens with one attached hydrogen (secondary N) is 3. The molecule has 1 radical (unpaired) electrons. The minimum atomic E-state index is 0.178. The van der Waals surface area contributed by atoms with Gasteiger partial charge in [-0.05, 0) is 105 Å². The number of hydrogen-bond donors (Lipinski definition) is 3. The van der Waals surface area contributed by atoms with Gasteiger partial charge in [-0.2, -0.15) is 0 Å². The molecular formula is C28H39N4O. The third-order valence-electron chi connectivity index (χ3n) is 7.96. The number of rotatable bonds is 10. The van der Waals surface area contributed by atoms with Crippen LogP contribution in [0.15, 0.2) is 30.3 Å². The smallest absolute Gasteiger partial charge is 0.224 e. The van der Waals surface area contributed by atoms with Crippen molar-refractivity contribution in [3.05, 3.63) is 36.9 Å². The molecule has 6 rings (SSSR count). The molecule has 1 aromatic heterocycles. The summed E-state index contributed by atoms with van der Waals surface area (Å²) in [5, 5.41) is 11.0. The lowest BCUT2D eigenvalue weighted by Crippen LogP contribution is -2.47. The van der Waals surface area contributed by atoms with Crippen molar-refractivity contribution in [3.8, 4) is 0 Å². The van der Waals surface area contributed by atoms with E-state index in [0.29, 0.717) is 12.3 Å². The molecule has 3 N–H and O–H groups in total. The number of nitrogens with zero attached hydrogens (tertiary/aromatic N) is 1. The number of amides is 1. The number of aromatic nitrogens is 1. The number of fused-ring (bicyclic) bond motifs is 1. The van der Waals surface area contributed by atoms with Crippen molar-refractivity contribution in [3.63, 3.8) is 0 Å². The topological polar surface area (TPSA) is 66.0 Å². The van der Waals surface area contributed by atoms with Crippen LogP contribution in [0.3, 0.4) is 0 Å². The lowest BCUT2D eigenvalue weighted by Gasteiger charge is -2.56. The Morgan fingerprint density at radius 2 is 1.79 bits per heavy atom. The van der Waals surface area contributed by atoms with Crippen LogP contribution in [0.1, 0.15) is 65.2 Å². The lowest BCUT2D eigenvalue weighted by molar-refractivity contribution is -0.124. The average Bonchev–Trinajstić information content (AvgIpc) is 2.74. The van der Waals surface area contributed by atoms with E-state index in [9.17, 15) is 4.79 Å². The molecule has 0 unspecified atom stereocenters. The summed E-state index contributed by atoms with van der Waals surface area (Å²) in [6, 6.07) is 10.1. The Hall–Kier alpha value is -2.14. The minimum absolute atomic E-state index is 0.178. The summed E-state index contributed by atoms with van der Waals surface area (Å²) in [6.07, 6.45) is 9.76. The van der Waals surface area contributed by atoms with Gasteiger partial charge in [0.05, 0.1) is 11.2 Å². The normalized spacial score (nSPS) is 27.9. The van der Waals surface area contributed by atoms with Gasteiger partial charge in [0.15, 0.2) is 0 Å². The first kappa shape index (κ1) is 22.6. The van der Waals surface area contributed by atoms with Crippen molar-refractivity contribution in [2.24, 2.45) is 29.1 Å². The second-order valence-corrected chi connectivity index (χ2v) is 11.4. The van der Waals surface area contributed by atoms with Gasteiger partial charge in [0.1, 0.15) is 5.82 Å². The zero-order valence-corrected chi connectivity index (χ0v) is 20.2. The fourth-order valence-electron chi connectivity index (χ4n) is 7.13. The molecule has 2 aromatic rings. The quantitative estimate of drug-likeness (QED) is 0.392. The number of hydrogen-bond acceptors (Lipinski definition) is 4. The molecule has 4 fully saturated rings. The number of carbonyl (C=O) groups is 1. The number of benzene rings is 1. The van der Waals surface area contributed by atoms with E-state index < -0.39 is 0 Å². The van der Waals surface area contributed by atoms with Crippen molar-refractivity contribution < 1.29 is 4.79 Å². The van der Waals surface area contributed by atoms with Gasteiger partial charge in [-0.25, -0.2) is 4.98 Å². The lowest BCUT2D eigenvalue weighted by atomic mass is 9.49. The van der Waals surface area contributed by atoms with Crippen LogP contribution in [-0.4, -0.2) is 24.0 Å². The first-order valence-electron chi connectivity index (χ1n) is 13.0. The first-order chi connectivity index (χ1) is 16.0. The van der Waals surface area contributed by atoms with E-state index in [1.165, 1.54) is 38.5 Å². The van der Waals surface area contributed by atoms with Crippen LogP contribution in [-0.2, 0) is 4.79 Å². The molecule has 1 aromatic carbocycles. The van der Waals surface area contributed by atoms with Crippen LogP contribution in [0.25, 0.3) is 10.9 Å². The predicted molar refractivity (Wildman–Crippen MR) is 136 cm³/mol. The van der Waals surface area contributed by atoms with E-state index in [1.807, 2.05) is 24.3 Å². The SMILES string of the molecule is CC(C)[CH]NCCCNc1ccc2c(NC(=O)CC34CC5CC(CC(C5)C3)C4)cccc2n1. The third-order valence-corrected chi connectivity index (χ3v) is 7.96. The van der Waals surface area contributed by atoms with Crippen molar-refractivity contribution in [1.29, 1.82) is 0 Å². The molecule has 33 heavy (non-hydrogen) atoms.